The molecule has 0 radical (unpaired) electrons. The quantitative estimate of drug-likeness (QED) is 0.505. The van der Waals surface area contributed by atoms with Crippen molar-refractivity contribution in [2.45, 2.75) is 58.0 Å². The summed E-state index contributed by atoms with van der Waals surface area (Å²) in [6.07, 6.45) is 5.32. The number of anilines is 2. The fraction of sp³-hybridized carbons (Fsp3) is 0.536. The van der Waals surface area contributed by atoms with Gasteiger partial charge in [0.2, 0.25) is 5.91 Å². The fourth-order valence-corrected chi connectivity index (χ4v) is 6.28. The number of rotatable bonds is 4. The van der Waals surface area contributed by atoms with Gasteiger partial charge in [-0.05, 0) is 63.5 Å². The third kappa shape index (κ3) is 4.38. The van der Waals surface area contributed by atoms with Crippen molar-refractivity contribution >= 4 is 17.4 Å². The maximum Gasteiger partial charge on any atom is 0.264 e. The van der Waals surface area contributed by atoms with Gasteiger partial charge in [-0.3, -0.25) is 9.48 Å². The number of imidazole rings is 1. The lowest BCUT2D eigenvalue weighted by molar-refractivity contribution is -0.129. The molecule has 0 spiro atoms. The SMILES string of the molecule is CC(=O)N1CCc2c(c(N3CCCc4cc(-c5cn(C)cn5)c(C(F)F)cc43)nn2C2CCN(C)CC2)C1. The Bertz CT molecular complexity index is 1360. The molecule has 3 aromatic rings. The van der Waals surface area contributed by atoms with Gasteiger partial charge in [0.1, 0.15) is 0 Å². The van der Waals surface area contributed by atoms with Crippen molar-refractivity contribution in [2.24, 2.45) is 7.05 Å². The van der Waals surface area contributed by atoms with Gasteiger partial charge in [0.25, 0.3) is 6.43 Å². The molecule has 0 N–H and O–H groups in total. The van der Waals surface area contributed by atoms with Crippen molar-refractivity contribution < 1.29 is 13.6 Å². The topological polar surface area (TPSA) is 62.4 Å². The van der Waals surface area contributed by atoms with Crippen LogP contribution in [-0.2, 0) is 31.2 Å². The van der Waals surface area contributed by atoms with Crippen LogP contribution in [0.3, 0.4) is 0 Å². The van der Waals surface area contributed by atoms with Crippen LogP contribution < -0.4 is 4.90 Å². The van der Waals surface area contributed by atoms with Crippen molar-refractivity contribution in [1.82, 2.24) is 29.1 Å². The molecule has 6 rings (SSSR count). The van der Waals surface area contributed by atoms with E-state index in [1.165, 1.54) is 5.69 Å². The summed E-state index contributed by atoms with van der Waals surface area (Å²) in [4.78, 5) is 23.0. The number of hydrogen-bond acceptors (Lipinski definition) is 5. The minimum Gasteiger partial charge on any atom is -0.340 e. The number of nitrogens with zero attached hydrogens (tertiary/aromatic N) is 7. The Morgan fingerprint density at radius 3 is 2.55 bits per heavy atom. The Hall–Kier alpha value is -3.27. The van der Waals surface area contributed by atoms with Crippen molar-refractivity contribution in [3.63, 3.8) is 0 Å². The molecule has 0 unspecified atom stereocenters. The van der Waals surface area contributed by atoms with Crippen LogP contribution in [0.25, 0.3) is 11.3 Å². The van der Waals surface area contributed by atoms with Gasteiger partial charge in [-0.1, -0.05) is 0 Å². The lowest BCUT2D eigenvalue weighted by atomic mass is 9.93. The molecule has 38 heavy (non-hydrogen) atoms. The minimum atomic E-state index is -2.63. The monoisotopic (exact) mass is 523 g/mol. The van der Waals surface area contributed by atoms with E-state index in [4.69, 9.17) is 5.10 Å². The summed E-state index contributed by atoms with van der Waals surface area (Å²) < 4.78 is 32.8. The second-order valence-corrected chi connectivity index (χ2v) is 11.0. The van der Waals surface area contributed by atoms with Crippen LogP contribution in [0.15, 0.2) is 24.7 Å². The molecule has 0 atom stereocenters. The van der Waals surface area contributed by atoms with E-state index in [1.54, 1.807) is 30.1 Å². The maximum absolute atomic E-state index is 14.4. The maximum atomic E-state index is 14.4. The molecule has 1 aromatic carbocycles. The zero-order valence-corrected chi connectivity index (χ0v) is 22.3. The number of amides is 1. The van der Waals surface area contributed by atoms with E-state index in [1.807, 2.05) is 18.0 Å². The molecule has 3 aliphatic heterocycles. The van der Waals surface area contributed by atoms with Gasteiger partial charge < -0.3 is 19.3 Å². The molecule has 2 aromatic heterocycles. The van der Waals surface area contributed by atoms with Crippen LogP contribution in [-0.4, -0.2) is 68.3 Å². The Balaban J connectivity index is 1.46. The van der Waals surface area contributed by atoms with Crippen LogP contribution in [0.2, 0.25) is 0 Å². The smallest absolute Gasteiger partial charge is 0.264 e. The molecule has 5 heterocycles. The Labute approximate surface area is 221 Å². The molecule has 1 amide bonds. The van der Waals surface area contributed by atoms with E-state index in [9.17, 15) is 13.6 Å². The molecule has 202 valence electrons. The molecular weight excluding hydrogens is 488 g/mol. The third-order valence-electron chi connectivity index (χ3n) is 8.39. The van der Waals surface area contributed by atoms with Crippen LogP contribution >= 0.6 is 0 Å². The number of hydrogen-bond donors (Lipinski definition) is 0. The lowest BCUT2D eigenvalue weighted by Gasteiger charge is -2.33. The standard InChI is InChI=1S/C28H35F2N7O/c1-18(38)35-12-8-25-23(15-35)28(32-37(25)20-6-10-33(2)11-7-20)36-9-4-5-19-13-21(24-16-34(3)17-31-24)22(27(29)30)14-26(19)36/h13-14,16-17,20,27H,4-12,15H2,1-3H3. The fourth-order valence-electron chi connectivity index (χ4n) is 6.28. The minimum absolute atomic E-state index is 0.0108. The average Bonchev–Trinajstić information content (AvgIpc) is 3.51. The number of fused-ring (bicyclic) bond motifs is 2. The second kappa shape index (κ2) is 9.80. The van der Waals surface area contributed by atoms with Gasteiger partial charge in [-0.2, -0.15) is 5.10 Å². The first kappa shape index (κ1) is 25.0. The summed E-state index contributed by atoms with van der Waals surface area (Å²) in [6.45, 7) is 5.54. The van der Waals surface area contributed by atoms with Crippen LogP contribution in [0.5, 0.6) is 0 Å². The van der Waals surface area contributed by atoms with Crippen molar-refractivity contribution in [3.05, 3.63) is 47.0 Å². The summed E-state index contributed by atoms with van der Waals surface area (Å²) >= 11 is 0. The summed E-state index contributed by atoms with van der Waals surface area (Å²) in [5, 5.41) is 5.20. The number of benzene rings is 1. The third-order valence-corrected chi connectivity index (χ3v) is 8.39. The highest BCUT2D eigenvalue weighted by Gasteiger charge is 2.34. The molecule has 10 heteroatoms. The first-order valence-corrected chi connectivity index (χ1v) is 13.5. The first-order valence-electron chi connectivity index (χ1n) is 13.5. The summed E-state index contributed by atoms with van der Waals surface area (Å²) in [6, 6.07) is 3.86. The zero-order valence-electron chi connectivity index (χ0n) is 22.3. The summed E-state index contributed by atoms with van der Waals surface area (Å²) in [5.41, 5.74) is 5.11. The van der Waals surface area contributed by atoms with E-state index in [0.717, 1.165) is 67.8 Å². The number of carbonyl (C=O) groups excluding carboxylic acids is 1. The number of likely N-dealkylation sites (tertiary alicyclic amines) is 1. The predicted octanol–water partition coefficient (Wildman–Crippen LogP) is 4.48. The van der Waals surface area contributed by atoms with Gasteiger partial charge in [-0.25, -0.2) is 13.8 Å². The molecule has 0 saturated carbocycles. The highest BCUT2D eigenvalue weighted by molar-refractivity contribution is 5.77. The molecule has 3 aliphatic rings. The number of aryl methyl sites for hydroxylation is 2. The summed E-state index contributed by atoms with van der Waals surface area (Å²) in [7, 11) is 3.99. The molecule has 0 bridgehead atoms. The number of halogens is 2. The zero-order chi connectivity index (χ0) is 26.6. The van der Waals surface area contributed by atoms with Gasteiger partial charge in [0, 0.05) is 67.8 Å². The Morgan fingerprint density at radius 2 is 1.87 bits per heavy atom. The molecule has 0 aliphatic carbocycles. The van der Waals surface area contributed by atoms with Crippen LogP contribution in [0.1, 0.15) is 61.0 Å². The van der Waals surface area contributed by atoms with Gasteiger partial charge in [0.05, 0.1) is 24.6 Å². The molecule has 8 nitrogen and oxygen atoms in total. The Kier molecular flexibility index (Phi) is 6.45. The molecule has 1 fully saturated rings. The number of piperidine rings is 1. The number of carbonyl (C=O) groups is 1. The lowest BCUT2D eigenvalue weighted by Crippen LogP contribution is -2.36. The largest absolute Gasteiger partial charge is 0.340 e. The van der Waals surface area contributed by atoms with Gasteiger partial charge in [0.15, 0.2) is 5.82 Å². The van der Waals surface area contributed by atoms with E-state index >= 15 is 0 Å². The van der Waals surface area contributed by atoms with Crippen LogP contribution in [0.4, 0.5) is 20.3 Å². The normalized spacial score (nSPS) is 18.7. The summed E-state index contributed by atoms with van der Waals surface area (Å²) in [5.74, 6) is 0.865. The van der Waals surface area contributed by atoms with Crippen molar-refractivity contribution in [2.75, 3.05) is 38.1 Å². The number of aromatic nitrogens is 4. The second-order valence-electron chi connectivity index (χ2n) is 11.0. The van der Waals surface area contributed by atoms with Crippen LogP contribution in [0, 0.1) is 0 Å². The van der Waals surface area contributed by atoms with E-state index < -0.39 is 6.43 Å². The molecular formula is C28H35F2N7O. The predicted molar refractivity (Wildman–Crippen MR) is 142 cm³/mol. The number of alkyl halides is 2. The van der Waals surface area contributed by atoms with Crippen molar-refractivity contribution in [1.29, 1.82) is 0 Å². The molecule has 1 saturated heterocycles. The first-order chi connectivity index (χ1) is 18.3. The van der Waals surface area contributed by atoms with E-state index in [-0.39, 0.29) is 11.5 Å². The Morgan fingerprint density at radius 1 is 1.08 bits per heavy atom. The van der Waals surface area contributed by atoms with E-state index in [2.05, 4.69) is 26.5 Å². The highest BCUT2D eigenvalue weighted by atomic mass is 19.3. The average molecular weight is 524 g/mol. The van der Waals surface area contributed by atoms with Crippen molar-refractivity contribution in [3.8, 4) is 11.3 Å². The highest BCUT2D eigenvalue weighted by Crippen LogP contribution is 2.43. The van der Waals surface area contributed by atoms with Gasteiger partial charge in [-0.15, -0.1) is 0 Å². The van der Waals surface area contributed by atoms with E-state index in [0.29, 0.717) is 36.9 Å². The van der Waals surface area contributed by atoms with Gasteiger partial charge >= 0.3 is 0 Å².